The van der Waals surface area contributed by atoms with Gasteiger partial charge < -0.3 is 24.4 Å². The molecular weight excluding hydrogens is 324 g/mol. The van der Waals surface area contributed by atoms with Crippen molar-refractivity contribution in [1.82, 2.24) is 10.2 Å². The zero-order valence-electron chi connectivity index (χ0n) is 14.6. The van der Waals surface area contributed by atoms with E-state index >= 15 is 0 Å². The van der Waals surface area contributed by atoms with Gasteiger partial charge in [-0.15, -0.1) is 0 Å². The molecular formula is C18H24N2O5. The summed E-state index contributed by atoms with van der Waals surface area (Å²) in [4.78, 5) is 26.2. The molecule has 2 heterocycles. The summed E-state index contributed by atoms with van der Waals surface area (Å²) in [6, 6.07) is 5.14. The van der Waals surface area contributed by atoms with Gasteiger partial charge in [0.15, 0.2) is 11.5 Å². The normalized spacial score (nSPS) is 16.0. The molecule has 1 aromatic rings. The molecule has 2 aliphatic rings. The van der Waals surface area contributed by atoms with Gasteiger partial charge in [0.25, 0.3) is 5.91 Å². The lowest BCUT2D eigenvalue weighted by atomic mass is 9.97. The van der Waals surface area contributed by atoms with Gasteiger partial charge in [0, 0.05) is 31.8 Å². The molecule has 0 unspecified atom stereocenters. The third-order valence-electron chi connectivity index (χ3n) is 4.23. The fourth-order valence-electron chi connectivity index (χ4n) is 2.77. The first-order chi connectivity index (χ1) is 12.0. The highest BCUT2D eigenvalue weighted by molar-refractivity contribution is 5.96. The minimum Gasteiger partial charge on any atom is -0.454 e. The van der Waals surface area contributed by atoms with E-state index in [4.69, 9.17) is 14.2 Å². The highest BCUT2D eigenvalue weighted by atomic mass is 16.7. The van der Waals surface area contributed by atoms with Crippen LogP contribution in [-0.2, 0) is 9.53 Å². The van der Waals surface area contributed by atoms with Crippen molar-refractivity contribution in [2.24, 2.45) is 5.92 Å². The maximum absolute atomic E-state index is 12.4. The summed E-state index contributed by atoms with van der Waals surface area (Å²) in [5.41, 5.74) is 0.550. The Bertz CT molecular complexity index is 640. The second kappa shape index (κ2) is 7.74. The zero-order valence-corrected chi connectivity index (χ0v) is 14.6. The second-order valence-electron chi connectivity index (χ2n) is 6.54. The zero-order chi connectivity index (χ0) is 17.8. The molecule has 0 aliphatic carbocycles. The van der Waals surface area contributed by atoms with E-state index < -0.39 is 0 Å². The molecule has 0 saturated carbocycles. The smallest absolute Gasteiger partial charge is 0.254 e. The molecule has 1 aromatic carbocycles. The van der Waals surface area contributed by atoms with Crippen LogP contribution in [0.3, 0.4) is 0 Å². The lowest BCUT2D eigenvalue weighted by molar-refractivity contribution is -0.129. The van der Waals surface area contributed by atoms with Gasteiger partial charge in [0.05, 0.1) is 12.0 Å². The van der Waals surface area contributed by atoms with Crippen molar-refractivity contribution >= 4 is 11.8 Å². The summed E-state index contributed by atoms with van der Waals surface area (Å²) in [6.07, 6.45) is 0.995. The number of nitrogens with zero attached hydrogens (tertiary/aromatic N) is 1. The predicted octanol–water partition coefficient (Wildman–Crippen LogP) is 1.42. The van der Waals surface area contributed by atoms with Crippen molar-refractivity contribution in [1.29, 1.82) is 0 Å². The molecule has 0 bridgehead atoms. The average molecular weight is 348 g/mol. The van der Waals surface area contributed by atoms with Crippen LogP contribution >= 0.6 is 0 Å². The maximum Gasteiger partial charge on any atom is 0.254 e. The van der Waals surface area contributed by atoms with Crippen LogP contribution in [-0.4, -0.2) is 55.9 Å². The van der Waals surface area contributed by atoms with Crippen LogP contribution in [0.2, 0.25) is 0 Å². The number of hydrogen-bond donors (Lipinski definition) is 1. The van der Waals surface area contributed by atoms with Gasteiger partial charge in [-0.2, -0.15) is 0 Å². The highest BCUT2D eigenvalue weighted by Crippen LogP contribution is 2.33. The highest BCUT2D eigenvalue weighted by Gasteiger charge is 2.36. The van der Waals surface area contributed by atoms with Crippen molar-refractivity contribution in [2.75, 3.05) is 33.0 Å². The van der Waals surface area contributed by atoms with E-state index in [2.05, 4.69) is 5.32 Å². The van der Waals surface area contributed by atoms with Gasteiger partial charge in [-0.3, -0.25) is 9.59 Å². The van der Waals surface area contributed by atoms with E-state index in [0.717, 1.165) is 6.42 Å². The van der Waals surface area contributed by atoms with E-state index in [1.807, 2.05) is 13.8 Å². The molecule has 7 nitrogen and oxygen atoms in total. The van der Waals surface area contributed by atoms with Crippen LogP contribution in [0, 0.1) is 5.92 Å². The van der Waals surface area contributed by atoms with Gasteiger partial charge in [-0.05, 0) is 38.5 Å². The van der Waals surface area contributed by atoms with Crippen LogP contribution in [0.4, 0.5) is 0 Å². The Hall–Kier alpha value is -2.28. The van der Waals surface area contributed by atoms with E-state index in [9.17, 15) is 9.59 Å². The maximum atomic E-state index is 12.4. The standard InChI is InChI=1S/C18H24N2O5/c1-12(2)23-7-3-6-19-17(21)14-9-20(10-14)18(22)13-4-5-15-16(8-13)25-11-24-15/h4-5,8,12,14H,3,6-7,9-11H2,1-2H3,(H,19,21). The third-order valence-corrected chi connectivity index (χ3v) is 4.23. The fourth-order valence-corrected chi connectivity index (χ4v) is 2.77. The lowest BCUT2D eigenvalue weighted by Crippen LogP contribution is -2.55. The molecule has 0 spiro atoms. The summed E-state index contributed by atoms with van der Waals surface area (Å²) in [7, 11) is 0. The summed E-state index contributed by atoms with van der Waals surface area (Å²) >= 11 is 0. The van der Waals surface area contributed by atoms with Crippen LogP contribution < -0.4 is 14.8 Å². The van der Waals surface area contributed by atoms with Crippen molar-refractivity contribution in [3.05, 3.63) is 23.8 Å². The second-order valence-corrected chi connectivity index (χ2v) is 6.54. The largest absolute Gasteiger partial charge is 0.454 e. The van der Waals surface area contributed by atoms with Crippen molar-refractivity contribution < 1.29 is 23.8 Å². The number of ether oxygens (including phenoxy) is 3. The Balaban J connectivity index is 1.40. The Kier molecular flexibility index (Phi) is 5.43. The molecule has 25 heavy (non-hydrogen) atoms. The number of benzene rings is 1. The Morgan fingerprint density at radius 3 is 2.80 bits per heavy atom. The molecule has 2 aliphatic heterocycles. The Morgan fingerprint density at radius 1 is 1.28 bits per heavy atom. The number of likely N-dealkylation sites (tertiary alicyclic amines) is 1. The molecule has 3 rings (SSSR count). The number of nitrogens with one attached hydrogen (secondary N) is 1. The van der Waals surface area contributed by atoms with Gasteiger partial charge in [0.2, 0.25) is 12.7 Å². The van der Waals surface area contributed by atoms with Crippen LogP contribution in [0.5, 0.6) is 11.5 Å². The molecule has 1 N–H and O–H groups in total. The van der Waals surface area contributed by atoms with Gasteiger partial charge >= 0.3 is 0 Å². The van der Waals surface area contributed by atoms with E-state index in [1.165, 1.54) is 0 Å². The molecule has 0 atom stereocenters. The quantitative estimate of drug-likeness (QED) is 0.754. The molecule has 2 amide bonds. The summed E-state index contributed by atoms with van der Waals surface area (Å²) in [6.45, 7) is 6.28. The number of hydrogen-bond acceptors (Lipinski definition) is 5. The first-order valence-electron chi connectivity index (χ1n) is 8.63. The van der Waals surface area contributed by atoms with Gasteiger partial charge in [-0.25, -0.2) is 0 Å². The minimum atomic E-state index is -0.135. The van der Waals surface area contributed by atoms with Crippen molar-refractivity contribution in [3.8, 4) is 11.5 Å². The number of fused-ring (bicyclic) bond motifs is 1. The van der Waals surface area contributed by atoms with Crippen molar-refractivity contribution in [2.45, 2.75) is 26.4 Å². The Labute approximate surface area is 147 Å². The van der Waals surface area contributed by atoms with E-state index in [0.29, 0.717) is 43.3 Å². The predicted molar refractivity (Wildman–Crippen MR) is 90.7 cm³/mol. The molecule has 0 radical (unpaired) electrons. The molecule has 1 saturated heterocycles. The first kappa shape index (κ1) is 17.5. The van der Waals surface area contributed by atoms with Crippen LogP contribution in [0.1, 0.15) is 30.6 Å². The topological polar surface area (TPSA) is 77.1 Å². The van der Waals surface area contributed by atoms with E-state index in [-0.39, 0.29) is 30.6 Å². The third kappa shape index (κ3) is 4.22. The number of amides is 2. The molecule has 136 valence electrons. The summed E-state index contributed by atoms with van der Waals surface area (Å²) in [5.74, 6) is 1.01. The number of carbonyl (C=O) groups excluding carboxylic acids is 2. The first-order valence-corrected chi connectivity index (χ1v) is 8.63. The van der Waals surface area contributed by atoms with Gasteiger partial charge in [0.1, 0.15) is 0 Å². The average Bonchev–Trinajstić information content (AvgIpc) is 3.00. The Morgan fingerprint density at radius 2 is 2.04 bits per heavy atom. The van der Waals surface area contributed by atoms with Crippen LogP contribution in [0.25, 0.3) is 0 Å². The minimum absolute atomic E-state index is 0.000663. The monoisotopic (exact) mass is 348 g/mol. The lowest BCUT2D eigenvalue weighted by Gasteiger charge is -2.38. The summed E-state index contributed by atoms with van der Waals surface area (Å²) in [5, 5.41) is 2.90. The fraction of sp³-hybridized carbons (Fsp3) is 0.556. The molecule has 1 fully saturated rings. The number of carbonyl (C=O) groups is 2. The summed E-state index contributed by atoms with van der Waals surface area (Å²) < 4.78 is 16.0. The molecule has 7 heteroatoms. The number of rotatable bonds is 7. The van der Waals surface area contributed by atoms with Gasteiger partial charge in [-0.1, -0.05) is 0 Å². The SMILES string of the molecule is CC(C)OCCCNC(=O)C1CN(C(=O)c2ccc3c(c2)OCO3)C1. The van der Waals surface area contributed by atoms with Crippen LogP contribution in [0.15, 0.2) is 18.2 Å². The van der Waals surface area contributed by atoms with E-state index in [1.54, 1.807) is 23.1 Å². The van der Waals surface area contributed by atoms with Crippen molar-refractivity contribution in [3.63, 3.8) is 0 Å². The molecule has 0 aromatic heterocycles.